The van der Waals surface area contributed by atoms with Gasteiger partial charge < -0.3 is 24.1 Å². The van der Waals surface area contributed by atoms with Crippen molar-refractivity contribution in [3.8, 4) is 22.8 Å². The van der Waals surface area contributed by atoms with Crippen LogP contribution in [-0.4, -0.2) is 55.2 Å². The van der Waals surface area contributed by atoms with E-state index >= 15 is 0 Å². The molecule has 4 rings (SSSR count). The number of fused-ring (bicyclic) bond motifs is 1. The number of carbonyl (C=O) groups is 1. The molecule has 1 atom stereocenters. The van der Waals surface area contributed by atoms with Gasteiger partial charge in [0.15, 0.2) is 29.3 Å². The second kappa shape index (κ2) is 6.16. The molecule has 3 heterocycles. The van der Waals surface area contributed by atoms with Crippen molar-refractivity contribution in [2.45, 2.75) is 12.5 Å². The molecule has 1 aromatic carbocycles. The molecule has 1 fully saturated rings. The second-order valence-corrected chi connectivity index (χ2v) is 5.95. The molecule has 1 aromatic heterocycles. The van der Waals surface area contributed by atoms with E-state index < -0.39 is 0 Å². The van der Waals surface area contributed by atoms with Gasteiger partial charge in [0.1, 0.15) is 13.2 Å². The zero-order chi connectivity index (χ0) is 16.5. The van der Waals surface area contributed by atoms with Crippen LogP contribution >= 0.6 is 0 Å². The van der Waals surface area contributed by atoms with Crippen molar-refractivity contribution >= 4 is 5.91 Å². The number of benzene rings is 1. The maximum Gasteiger partial charge on any atom is 0.276 e. The maximum atomic E-state index is 12.8. The minimum atomic E-state index is -0.137. The zero-order valence-electron chi connectivity index (χ0n) is 13.4. The van der Waals surface area contributed by atoms with Crippen molar-refractivity contribution in [2.24, 2.45) is 0 Å². The smallest absolute Gasteiger partial charge is 0.276 e. The summed E-state index contributed by atoms with van der Waals surface area (Å²) in [5, 5.41) is 3.27. The number of ether oxygens (including phenoxy) is 2. The summed E-state index contributed by atoms with van der Waals surface area (Å²) < 4.78 is 16.6. The van der Waals surface area contributed by atoms with E-state index in [2.05, 4.69) is 10.3 Å². The monoisotopic (exact) mass is 329 g/mol. The largest absolute Gasteiger partial charge is 0.486 e. The first-order valence-electron chi connectivity index (χ1n) is 8.05. The highest BCUT2D eigenvalue weighted by Gasteiger charge is 2.28. The summed E-state index contributed by atoms with van der Waals surface area (Å²) >= 11 is 0. The Kier molecular flexibility index (Phi) is 3.86. The molecule has 0 saturated carbocycles. The number of carbonyl (C=O) groups excluding carboxylic acids is 1. The molecule has 7 nitrogen and oxygen atoms in total. The molecule has 1 unspecified atom stereocenters. The van der Waals surface area contributed by atoms with Crippen molar-refractivity contribution in [2.75, 3.05) is 33.4 Å². The molecule has 0 bridgehead atoms. The molecular formula is C17H19N3O4. The summed E-state index contributed by atoms with van der Waals surface area (Å²) in [6.45, 7) is 2.78. The summed E-state index contributed by atoms with van der Waals surface area (Å²) in [6.07, 6.45) is 2.25. The van der Waals surface area contributed by atoms with Crippen molar-refractivity contribution < 1.29 is 18.7 Å². The molecule has 1 saturated heterocycles. The third-order valence-electron chi connectivity index (χ3n) is 4.48. The number of hydrogen-bond acceptors (Lipinski definition) is 6. The van der Waals surface area contributed by atoms with Gasteiger partial charge in [-0.05, 0) is 31.2 Å². The molecule has 7 heteroatoms. The van der Waals surface area contributed by atoms with Crippen LogP contribution in [0.3, 0.4) is 0 Å². The first-order valence-corrected chi connectivity index (χ1v) is 8.05. The molecule has 0 aliphatic carbocycles. The van der Waals surface area contributed by atoms with E-state index in [0.29, 0.717) is 36.2 Å². The van der Waals surface area contributed by atoms with Crippen molar-refractivity contribution in [1.29, 1.82) is 0 Å². The molecule has 1 N–H and O–H groups in total. The average molecular weight is 329 g/mol. The Bertz CT molecular complexity index is 752. The summed E-state index contributed by atoms with van der Waals surface area (Å²) in [5.41, 5.74) is 1.07. The van der Waals surface area contributed by atoms with E-state index in [0.717, 1.165) is 25.1 Å². The standard InChI is InChI=1S/C17H19N3O4/c1-20(12-4-5-18-9-12)17(21)15-16(24-10-19-15)11-2-3-13-14(8-11)23-7-6-22-13/h2-3,8,10,12,18H,4-7,9H2,1H3. The van der Waals surface area contributed by atoms with Crippen molar-refractivity contribution in [3.63, 3.8) is 0 Å². The number of hydrogen-bond donors (Lipinski definition) is 1. The lowest BCUT2D eigenvalue weighted by Gasteiger charge is -2.23. The Hall–Kier alpha value is -2.54. The van der Waals surface area contributed by atoms with Crippen LogP contribution in [0.25, 0.3) is 11.3 Å². The lowest BCUT2D eigenvalue weighted by molar-refractivity contribution is 0.0739. The number of rotatable bonds is 3. The third-order valence-corrected chi connectivity index (χ3v) is 4.48. The molecule has 126 valence electrons. The van der Waals surface area contributed by atoms with Gasteiger partial charge in [0, 0.05) is 25.2 Å². The van der Waals surface area contributed by atoms with Gasteiger partial charge in [-0.15, -0.1) is 0 Å². The Balaban J connectivity index is 1.63. The molecule has 0 radical (unpaired) electrons. The lowest BCUT2D eigenvalue weighted by Crippen LogP contribution is -2.38. The van der Waals surface area contributed by atoms with E-state index in [-0.39, 0.29) is 11.9 Å². The molecule has 24 heavy (non-hydrogen) atoms. The van der Waals surface area contributed by atoms with Crippen LogP contribution in [0.2, 0.25) is 0 Å². The van der Waals surface area contributed by atoms with Crippen LogP contribution in [-0.2, 0) is 0 Å². The highest BCUT2D eigenvalue weighted by Crippen LogP contribution is 2.35. The van der Waals surface area contributed by atoms with Crippen molar-refractivity contribution in [3.05, 3.63) is 30.3 Å². The van der Waals surface area contributed by atoms with Crippen LogP contribution in [0.15, 0.2) is 29.0 Å². The first-order chi connectivity index (χ1) is 11.7. The predicted octanol–water partition coefficient (Wildman–Crippen LogP) is 1.55. The molecular weight excluding hydrogens is 310 g/mol. The van der Waals surface area contributed by atoms with E-state index in [9.17, 15) is 4.79 Å². The lowest BCUT2D eigenvalue weighted by atomic mass is 10.1. The molecule has 2 aromatic rings. The van der Waals surface area contributed by atoms with E-state index in [1.54, 1.807) is 4.90 Å². The van der Waals surface area contributed by atoms with Gasteiger partial charge in [0.05, 0.1) is 0 Å². The highest BCUT2D eigenvalue weighted by atomic mass is 16.6. The zero-order valence-corrected chi connectivity index (χ0v) is 13.4. The minimum Gasteiger partial charge on any atom is -0.486 e. The Labute approximate surface area is 139 Å². The highest BCUT2D eigenvalue weighted by molar-refractivity contribution is 5.97. The SMILES string of the molecule is CN(C(=O)c1ncoc1-c1ccc2c(c1)OCCO2)C1CCNC1. The number of nitrogens with zero attached hydrogens (tertiary/aromatic N) is 2. The predicted molar refractivity (Wildman–Crippen MR) is 86.3 cm³/mol. The fourth-order valence-electron chi connectivity index (χ4n) is 3.09. The number of oxazole rings is 1. The van der Waals surface area contributed by atoms with E-state index in [4.69, 9.17) is 13.9 Å². The Morgan fingerprint density at radius 3 is 2.92 bits per heavy atom. The fraction of sp³-hybridized carbons (Fsp3) is 0.412. The first kappa shape index (κ1) is 15.0. The summed E-state index contributed by atoms with van der Waals surface area (Å²) in [6, 6.07) is 5.68. The quantitative estimate of drug-likeness (QED) is 0.921. The van der Waals surface area contributed by atoms with Crippen LogP contribution in [0, 0.1) is 0 Å². The minimum absolute atomic E-state index is 0.137. The van der Waals surface area contributed by atoms with E-state index in [1.807, 2.05) is 25.2 Å². The molecule has 1 amide bonds. The Morgan fingerprint density at radius 1 is 1.29 bits per heavy atom. The number of aromatic nitrogens is 1. The van der Waals surface area contributed by atoms with Gasteiger partial charge in [-0.1, -0.05) is 0 Å². The van der Waals surface area contributed by atoms with Crippen LogP contribution < -0.4 is 14.8 Å². The fourth-order valence-corrected chi connectivity index (χ4v) is 3.09. The maximum absolute atomic E-state index is 12.8. The van der Waals surface area contributed by atoms with Gasteiger partial charge in [-0.3, -0.25) is 4.79 Å². The Morgan fingerprint density at radius 2 is 2.12 bits per heavy atom. The van der Waals surface area contributed by atoms with Gasteiger partial charge in [0.25, 0.3) is 5.91 Å². The number of amides is 1. The molecule has 2 aliphatic rings. The third kappa shape index (κ3) is 2.60. The van der Waals surface area contributed by atoms with Gasteiger partial charge in [-0.2, -0.15) is 0 Å². The van der Waals surface area contributed by atoms with Crippen LogP contribution in [0.5, 0.6) is 11.5 Å². The second-order valence-electron chi connectivity index (χ2n) is 5.95. The van der Waals surface area contributed by atoms with Crippen molar-refractivity contribution in [1.82, 2.24) is 15.2 Å². The summed E-state index contributed by atoms with van der Waals surface area (Å²) in [5.74, 6) is 1.67. The molecule has 2 aliphatic heterocycles. The van der Waals surface area contributed by atoms with Gasteiger partial charge in [0.2, 0.25) is 0 Å². The summed E-state index contributed by atoms with van der Waals surface area (Å²) in [4.78, 5) is 18.7. The molecule has 0 spiro atoms. The van der Waals surface area contributed by atoms with Gasteiger partial charge >= 0.3 is 0 Å². The van der Waals surface area contributed by atoms with Crippen LogP contribution in [0.1, 0.15) is 16.9 Å². The van der Waals surface area contributed by atoms with Crippen LogP contribution in [0.4, 0.5) is 0 Å². The summed E-state index contributed by atoms with van der Waals surface area (Å²) in [7, 11) is 1.81. The number of likely N-dealkylation sites (N-methyl/N-ethyl adjacent to an activating group) is 1. The number of nitrogens with one attached hydrogen (secondary N) is 1. The van der Waals surface area contributed by atoms with E-state index in [1.165, 1.54) is 6.39 Å². The average Bonchev–Trinajstić information content (AvgIpc) is 3.31. The normalized spacial score (nSPS) is 19.3. The van der Waals surface area contributed by atoms with Gasteiger partial charge in [-0.25, -0.2) is 4.98 Å². The topological polar surface area (TPSA) is 76.8 Å².